The second kappa shape index (κ2) is 7.26. The van der Waals surface area contributed by atoms with Crippen LogP contribution in [0.1, 0.15) is 39.5 Å². The van der Waals surface area contributed by atoms with Gasteiger partial charge in [-0.25, -0.2) is 0 Å². The molecule has 0 radical (unpaired) electrons. The Morgan fingerprint density at radius 1 is 1.20 bits per heavy atom. The maximum absolute atomic E-state index is 5.36. The van der Waals surface area contributed by atoms with Crippen LogP contribution in [0.2, 0.25) is 0 Å². The molecule has 6 heteroatoms. The van der Waals surface area contributed by atoms with E-state index in [4.69, 9.17) is 4.74 Å². The van der Waals surface area contributed by atoms with Crippen molar-refractivity contribution in [1.29, 1.82) is 0 Å². The van der Waals surface area contributed by atoms with Gasteiger partial charge < -0.3 is 15.4 Å². The minimum absolute atomic E-state index is 0.367. The van der Waals surface area contributed by atoms with Crippen molar-refractivity contribution in [3.05, 3.63) is 0 Å². The van der Waals surface area contributed by atoms with Crippen LogP contribution in [0.15, 0.2) is 0 Å². The van der Waals surface area contributed by atoms with Crippen molar-refractivity contribution < 1.29 is 4.74 Å². The Hall–Kier alpha value is -1.59. The number of hydrogen-bond acceptors (Lipinski definition) is 6. The first kappa shape index (κ1) is 14.8. The molecule has 1 saturated carbocycles. The van der Waals surface area contributed by atoms with Crippen LogP contribution in [0.25, 0.3) is 0 Å². The number of anilines is 2. The highest BCUT2D eigenvalue weighted by Crippen LogP contribution is 2.28. The van der Waals surface area contributed by atoms with Crippen molar-refractivity contribution in [2.24, 2.45) is 11.8 Å². The van der Waals surface area contributed by atoms with E-state index in [1.807, 2.05) is 6.92 Å². The summed E-state index contributed by atoms with van der Waals surface area (Å²) in [6, 6.07) is 0.367. The van der Waals surface area contributed by atoms with Crippen LogP contribution < -0.4 is 15.4 Å². The van der Waals surface area contributed by atoms with E-state index in [9.17, 15) is 0 Å². The Balaban J connectivity index is 1.95. The molecule has 1 aromatic heterocycles. The quantitative estimate of drug-likeness (QED) is 0.834. The van der Waals surface area contributed by atoms with Crippen molar-refractivity contribution in [2.45, 2.75) is 39.5 Å². The molecule has 1 aliphatic rings. The zero-order valence-electron chi connectivity index (χ0n) is 12.6. The van der Waals surface area contributed by atoms with Gasteiger partial charge in [-0.1, -0.05) is 19.8 Å². The summed E-state index contributed by atoms with van der Waals surface area (Å²) in [6.45, 7) is 5.72. The van der Waals surface area contributed by atoms with E-state index in [2.05, 4.69) is 32.5 Å². The van der Waals surface area contributed by atoms with Gasteiger partial charge in [0.25, 0.3) is 0 Å². The number of nitrogens with zero attached hydrogens (tertiary/aromatic N) is 3. The lowest BCUT2D eigenvalue weighted by molar-refractivity contribution is 0.292. The van der Waals surface area contributed by atoms with E-state index in [1.54, 1.807) is 7.05 Å². The Morgan fingerprint density at radius 3 is 2.70 bits per heavy atom. The van der Waals surface area contributed by atoms with Crippen molar-refractivity contribution in [3.8, 4) is 6.01 Å². The maximum atomic E-state index is 5.36. The largest absolute Gasteiger partial charge is 0.464 e. The molecule has 2 N–H and O–H groups in total. The van der Waals surface area contributed by atoms with Crippen LogP contribution in [-0.2, 0) is 0 Å². The Labute approximate surface area is 120 Å². The van der Waals surface area contributed by atoms with E-state index in [1.165, 1.54) is 25.7 Å². The minimum Gasteiger partial charge on any atom is -0.464 e. The molecule has 20 heavy (non-hydrogen) atoms. The van der Waals surface area contributed by atoms with E-state index >= 15 is 0 Å². The molecule has 6 nitrogen and oxygen atoms in total. The predicted molar refractivity (Wildman–Crippen MR) is 80.2 cm³/mol. The molecule has 0 aromatic carbocycles. The molecule has 112 valence electrons. The second-order valence-electron chi connectivity index (χ2n) is 5.47. The lowest BCUT2D eigenvalue weighted by atomic mass is 9.82. The Bertz CT molecular complexity index is 426. The highest BCUT2D eigenvalue weighted by atomic mass is 16.5. The standard InChI is InChI=1S/C14H25N5O/c1-4-20-14-18-12(15-3)17-13(19-14)16-9-11-7-5-6-10(2)8-11/h10-11H,4-9H2,1-3H3,(H2,15,16,17,18,19). The van der Waals surface area contributed by atoms with Crippen molar-refractivity contribution >= 4 is 11.9 Å². The van der Waals surface area contributed by atoms with Crippen molar-refractivity contribution in [2.75, 3.05) is 30.8 Å². The van der Waals surface area contributed by atoms with Gasteiger partial charge in [0.1, 0.15) is 0 Å². The fourth-order valence-electron chi connectivity index (χ4n) is 2.72. The topological polar surface area (TPSA) is 72.0 Å². The fourth-order valence-corrected chi connectivity index (χ4v) is 2.72. The number of nitrogens with one attached hydrogen (secondary N) is 2. The number of ether oxygens (including phenoxy) is 1. The zero-order valence-corrected chi connectivity index (χ0v) is 12.6. The molecular formula is C14H25N5O. The van der Waals surface area contributed by atoms with Gasteiger partial charge in [0.2, 0.25) is 11.9 Å². The van der Waals surface area contributed by atoms with Crippen LogP contribution in [0, 0.1) is 11.8 Å². The summed E-state index contributed by atoms with van der Waals surface area (Å²) in [6.07, 6.45) is 5.27. The van der Waals surface area contributed by atoms with Gasteiger partial charge in [0.05, 0.1) is 6.61 Å². The third-order valence-electron chi connectivity index (χ3n) is 3.71. The SMILES string of the molecule is CCOc1nc(NC)nc(NCC2CCCC(C)C2)n1. The average molecular weight is 279 g/mol. The van der Waals surface area contributed by atoms with Crippen molar-refractivity contribution in [1.82, 2.24) is 15.0 Å². The summed E-state index contributed by atoms with van der Waals surface area (Å²) >= 11 is 0. The predicted octanol–water partition coefficient (Wildman–Crippen LogP) is 2.55. The molecule has 1 aromatic rings. The van der Waals surface area contributed by atoms with Gasteiger partial charge >= 0.3 is 6.01 Å². The van der Waals surface area contributed by atoms with Gasteiger partial charge in [-0.05, 0) is 31.6 Å². The van der Waals surface area contributed by atoms with E-state index < -0.39 is 0 Å². The van der Waals surface area contributed by atoms with Gasteiger partial charge in [0, 0.05) is 13.6 Å². The molecule has 0 bridgehead atoms. The molecule has 0 amide bonds. The number of rotatable bonds is 6. The first-order chi connectivity index (χ1) is 9.71. The molecule has 2 atom stereocenters. The molecule has 2 unspecified atom stereocenters. The van der Waals surface area contributed by atoms with Crippen LogP contribution in [0.3, 0.4) is 0 Å². The molecule has 1 heterocycles. The zero-order chi connectivity index (χ0) is 14.4. The van der Waals surface area contributed by atoms with E-state index in [-0.39, 0.29) is 0 Å². The molecule has 1 fully saturated rings. The number of hydrogen-bond donors (Lipinski definition) is 2. The van der Waals surface area contributed by atoms with Gasteiger partial charge in [-0.2, -0.15) is 15.0 Å². The summed E-state index contributed by atoms with van der Waals surface area (Å²) in [7, 11) is 1.79. The van der Waals surface area contributed by atoms with Crippen LogP contribution in [0.5, 0.6) is 6.01 Å². The number of aromatic nitrogens is 3. The molecule has 0 spiro atoms. The van der Waals surface area contributed by atoms with Gasteiger partial charge in [-0.15, -0.1) is 0 Å². The second-order valence-corrected chi connectivity index (χ2v) is 5.47. The third kappa shape index (κ3) is 4.21. The Kier molecular flexibility index (Phi) is 5.38. The summed E-state index contributed by atoms with van der Waals surface area (Å²) < 4.78 is 5.36. The highest BCUT2D eigenvalue weighted by Gasteiger charge is 2.19. The smallest absolute Gasteiger partial charge is 0.323 e. The van der Waals surface area contributed by atoms with Crippen molar-refractivity contribution in [3.63, 3.8) is 0 Å². The van der Waals surface area contributed by atoms with Crippen LogP contribution >= 0.6 is 0 Å². The first-order valence-corrected chi connectivity index (χ1v) is 7.51. The fraction of sp³-hybridized carbons (Fsp3) is 0.786. The summed E-state index contributed by atoms with van der Waals surface area (Å²) in [5, 5.41) is 6.26. The Morgan fingerprint density at radius 2 is 2.00 bits per heavy atom. The summed E-state index contributed by atoms with van der Waals surface area (Å²) in [5.41, 5.74) is 0. The maximum Gasteiger partial charge on any atom is 0.323 e. The first-order valence-electron chi connectivity index (χ1n) is 7.51. The normalized spacial score (nSPS) is 22.4. The molecule has 2 rings (SSSR count). The van der Waals surface area contributed by atoms with Crippen LogP contribution in [-0.4, -0.2) is 35.2 Å². The minimum atomic E-state index is 0.367. The van der Waals surface area contributed by atoms with E-state index in [0.29, 0.717) is 30.4 Å². The lowest BCUT2D eigenvalue weighted by Crippen LogP contribution is -2.22. The van der Waals surface area contributed by atoms with Gasteiger partial charge in [-0.3, -0.25) is 0 Å². The average Bonchev–Trinajstić information content (AvgIpc) is 2.45. The lowest BCUT2D eigenvalue weighted by Gasteiger charge is -2.26. The monoisotopic (exact) mass is 279 g/mol. The van der Waals surface area contributed by atoms with E-state index in [0.717, 1.165) is 12.5 Å². The molecule has 0 saturated heterocycles. The molecule has 0 aliphatic heterocycles. The summed E-state index contributed by atoms with van der Waals surface area (Å²) in [4.78, 5) is 12.7. The third-order valence-corrected chi connectivity index (χ3v) is 3.71. The molecule has 1 aliphatic carbocycles. The van der Waals surface area contributed by atoms with Crippen LogP contribution in [0.4, 0.5) is 11.9 Å². The molecular weight excluding hydrogens is 254 g/mol. The van der Waals surface area contributed by atoms with Gasteiger partial charge in [0.15, 0.2) is 0 Å². The summed E-state index contributed by atoms with van der Waals surface area (Å²) in [5.74, 6) is 2.67. The highest BCUT2D eigenvalue weighted by molar-refractivity contribution is 5.35.